The minimum atomic E-state index is -1.37. The van der Waals surface area contributed by atoms with Gasteiger partial charge in [-0.05, 0) is 47.8 Å². The van der Waals surface area contributed by atoms with E-state index in [9.17, 15) is 33.9 Å². The number of nitrogens with zero attached hydrogens (tertiary/aromatic N) is 1. The molecule has 5 atom stereocenters. The van der Waals surface area contributed by atoms with Crippen LogP contribution in [-0.4, -0.2) is 75.7 Å². The first kappa shape index (κ1) is 29.8. The summed E-state index contributed by atoms with van der Waals surface area (Å²) in [6.07, 6.45) is 4.12. The van der Waals surface area contributed by atoms with E-state index in [2.05, 4.69) is 16.0 Å². The number of carbonyl (C=O) groups excluding carboxylic acids is 5. The Morgan fingerprint density at radius 3 is 2.12 bits per heavy atom. The number of rotatable bonds is 10. The highest BCUT2D eigenvalue weighted by Crippen LogP contribution is 2.65. The maximum atomic E-state index is 14.0. The van der Waals surface area contributed by atoms with E-state index in [1.807, 2.05) is 13.8 Å². The van der Waals surface area contributed by atoms with Gasteiger partial charge in [-0.3, -0.25) is 19.2 Å². The number of urea groups is 1. The summed E-state index contributed by atoms with van der Waals surface area (Å²) in [5.41, 5.74) is 2.91. The smallest absolute Gasteiger partial charge is 0.329 e. The number of ketones is 1. The first-order chi connectivity index (χ1) is 18.5. The number of nitrogens with one attached hydrogen (secondary N) is 3. The highest BCUT2D eigenvalue weighted by molar-refractivity contribution is 6.37. The van der Waals surface area contributed by atoms with Gasteiger partial charge in [0.2, 0.25) is 17.6 Å². The molecule has 0 aromatic heterocycles. The molecule has 4 aliphatic rings. The average Bonchev–Trinajstić information content (AvgIpc) is 3.58. The van der Waals surface area contributed by atoms with E-state index in [1.165, 1.54) is 4.90 Å². The molecular formula is C28H43N5O7. The number of likely N-dealkylation sites (tertiary alicyclic amines) is 1. The van der Waals surface area contributed by atoms with Gasteiger partial charge >= 0.3 is 12.0 Å². The second-order valence-electron chi connectivity index (χ2n) is 13.8. The van der Waals surface area contributed by atoms with Crippen LogP contribution in [0.4, 0.5) is 4.79 Å². The molecule has 1 aliphatic heterocycles. The summed E-state index contributed by atoms with van der Waals surface area (Å²) in [4.78, 5) is 78.3. The number of fused-ring (bicyclic) bond motifs is 1. The molecule has 1 heterocycles. The maximum Gasteiger partial charge on any atom is 0.329 e. The molecule has 1 unspecified atom stereocenters. The molecule has 6 N–H and O–H groups in total. The highest BCUT2D eigenvalue weighted by atomic mass is 16.4. The third kappa shape index (κ3) is 5.67. The van der Waals surface area contributed by atoms with Crippen molar-refractivity contribution in [2.45, 2.75) is 103 Å². The van der Waals surface area contributed by atoms with Crippen LogP contribution in [-0.2, 0) is 24.0 Å². The van der Waals surface area contributed by atoms with E-state index in [0.717, 1.165) is 12.8 Å². The highest BCUT2D eigenvalue weighted by Gasteiger charge is 2.70. The van der Waals surface area contributed by atoms with Crippen molar-refractivity contribution in [1.82, 2.24) is 20.9 Å². The first-order valence-corrected chi connectivity index (χ1v) is 14.3. The Balaban J connectivity index is 1.54. The quantitative estimate of drug-likeness (QED) is 0.245. The Labute approximate surface area is 234 Å². The van der Waals surface area contributed by atoms with Crippen LogP contribution in [0.5, 0.6) is 0 Å². The van der Waals surface area contributed by atoms with Gasteiger partial charge in [-0.2, -0.15) is 0 Å². The fourth-order valence-electron chi connectivity index (χ4n) is 6.73. The molecule has 0 aromatic carbocycles. The van der Waals surface area contributed by atoms with Gasteiger partial charge in [0.1, 0.15) is 17.6 Å². The van der Waals surface area contributed by atoms with Gasteiger partial charge in [0.25, 0.3) is 5.91 Å². The standard InChI is InChI=1S/C28H43N5O7/c1-26(2,3)20(31-25(40)32-28(24(38)39)10-6-7-11-28)23(37)33-13-15-17(27(15,4)5)18(33)22(36)30-16(12-14-8-9-14)19(34)21(29)35/h14-18,20H,6-13H2,1-5H3,(H2,29,35)(H,30,36)(H,38,39)(H2,31,32,40)/t15-,16?,17-,18-,20+/m0/s1. The van der Waals surface area contributed by atoms with Gasteiger partial charge in [-0.1, -0.05) is 60.3 Å². The lowest BCUT2D eigenvalue weighted by molar-refractivity contribution is -0.145. The van der Waals surface area contributed by atoms with Gasteiger partial charge in [0, 0.05) is 6.54 Å². The molecule has 0 radical (unpaired) electrons. The number of Topliss-reactive ketones (excluding diaryl/α,β-unsaturated/α-hetero) is 1. The van der Waals surface area contributed by atoms with Crippen molar-refractivity contribution >= 4 is 35.5 Å². The molecule has 4 rings (SSSR count). The SMILES string of the molecule is CC(C)(C)[C@H](NC(=O)NC1(C(=O)O)CCCC1)C(=O)N1C[C@H]2[C@@H]([C@H]1C(=O)NC(CC1CC1)C(=O)C(N)=O)C2(C)C. The average molecular weight is 562 g/mol. The third-order valence-electron chi connectivity index (χ3n) is 9.51. The second-order valence-corrected chi connectivity index (χ2v) is 13.8. The number of carboxylic acid groups (broad SMARTS) is 1. The van der Waals surface area contributed by atoms with Crippen molar-refractivity contribution in [2.75, 3.05) is 6.54 Å². The fraction of sp³-hybridized carbons (Fsp3) is 0.786. The van der Waals surface area contributed by atoms with Gasteiger partial charge in [0.15, 0.2) is 0 Å². The molecular weight excluding hydrogens is 518 g/mol. The summed E-state index contributed by atoms with van der Waals surface area (Å²) < 4.78 is 0. The van der Waals surface area contributed by atoms with Crippen LogP contribution in [0.25, 0.3) is 0 Å². The van der Waals surface area contributed by atoms with Crippen LogP contribution in [0.2, 0.25) is 0 Å². The van der Waals surface area contributed by atoms with Crippen LogP contribution in [0.3, 0.4) is 0 Å². The summed E-state index contributed by atoms with van der Waals surface area (Å²) >= 11 is 0. The molecule has 3 saturated carbocycles. The summed E-state index contributed by atoms with van der Waals surface area (Å²) in [6, 6.07) is -3.73. The normalized spacial score (nSPS) is 27.6. The molecule has 3 aliphatic carbocycles. The number of hydrogen-bond acceptors (Lipinski definition) is 6. The number of amides is 5. The summed E-state index contributed by atoms with van der Waals surface area (Å²) in [5, 5.41) is 17.8. The Kier molecular flexibility index (Phi) is 7.70. The largest absolute Gasteiger partial charge is 0.480 e. The topological polar surface area (TPSA) is 188 Å². The predicted molar refractivity (Wildman–Crippen MR) is 143 cm³/mol. The Morgan fingerprint density at radius 1 is 1.02 bits per heavy atom. The summed E-state index contributed by atoms with van der Waals surface area (Å²) in [7, 11) is 0. The fourth-order valence-corrected chi connectivity index (χ4v) is 6.73. The van der Waals surface area contributed by atoms with E-state index in [-0.39, 0.29) is 23.2 Å². The van der Waals surface area contributed by atoms with Gasteiger partial charge in [-0.25, -0.2) is 9.59 Å². The van der Waals surface area contributed by atoms with Crippen LogP contribution >= 0.6 is 0 Å². The Morgan fingerprint density at radius 2 is 1.62 bits per heavy atom. The Hall–Kier alpha value is -3.18. The number of nitrogens with two attached hydrogens (primary N) is 1. The summed E-state index contributed by atoms with van der Waals surface area (Å²) in [6.45, 7) is 9.71. The molecule has 12 nitrogen and oxygen atoms in total. The van der Waals surface area contributed by atoms with Crippen LogP contribution in [0.15, 0.2) is 0 Å². The van der Waals surface area contributed by atoms with Crippen LogP contribution < -0.4 is 21.7 Å². The molecule has 1 saturated heterocycles. The van der Waals surface area contributed by atoms with E-state index in [1.54, 1.807) is 20.8 Å². The third-order valence-corrected chi connectivity index (χ3v) is 9.51. The number of aliphatic carboxylic acids is 1. The number of carbonyl (C=O) groups is 6. The lowest BCUT2D eigenvalue weighted by atomic mass is 9.85. The Bertz CT molecular complexity index is 1100. The molecule has 4 fully saturated rings. The molecule has 0 bridgehead atoms. The zero-order valence-electron chi connectivity index (χ0n) is 24.0. The lowest BCUT2D eigenvalue weighted by Crippen LogP contribution is -2.63. The molecule has 222 valence electrons. The zero-order chi connectivity index (χ0) is 29.8. The van der Waals surface area contributed by atoms with Crippen LogP contribution in [0, 0.1) is 28.6 Å². The number of hydrogen-bond donors (Lipinski definition) is 5. The minimum absolute atomic E-state index is 0.0594. The first-order valence-electron chi connectivity index (χ1n) is 14.3. The van der Waals surface area contributed by atoms with Crippen molar-refractivity contribution in [3.8, 4) is 0 Å². The van der Waals surface area contributed by atoms with Crippen molar-refractivity contribution in [3.63, 3.8) is 0 Å². The van der Waals surface area contributed by atoms with Crippen molar-refractivity contribution in [2.24, 2.45) is 34.3 Å². The monoisotopic (exact) mass is 561 g/mol. The maximum absolute atomic E-state index is 14.0. The van der Waals surface area contributed by atoms with Gasteiger partial charge in [-0.15, -0.1) is 0 Å². The second kappa shape index (κ2) is 10.3. The van der Waals surface area contributed by atoms with E-state index >= 15 is 0 Å². The molecule has 40 heavy (non-hydrogen) atoms. The lowest BCUT2D eigenvalue weighted by Gasteiger charge is -2.38. The molecule has 0 spiro atoms. The number of piperidine rings is 1. The minimum Gasteiger partial charge on any atom is -0.480 e. The van der Waals surface area contributed by atoms with E-state index in [0.29, 0.717) is 38.6 Å². The number of primary amides is 1. The molecule has 0 aromatic rings. The van der Waals surface area contributed by atoms with Gasteiger partial charge < -0.3 is 31.7 Å². The van der Waals surface area contributed by atoms with Crippen molar-refractivity contribution in [3.05, 3.63) is 0 Å². The molecule has 12 heteroatoms. The van der Waals surface area contributed by atoms with Gasteiger partial charge in [0.05, 0.1) is 6.04 Å². The van der Waals surface area contributed by atoms with Crippen molar-refractivity contribution in [1.29, 1.82) is 0 Å². The molecule has 5 amide bonds. The van der Waals surface area contributed by atoms with Crippen molar-refractivity contribution < 1.29 is 33.9 Å². The van der Waals surface area contributed by atoms with E-state index < -0.39 is 64.6 Å². The van der Waals surface area contributed by atoms with E-state index in [4.69, 9.17) is 5.73 Å². The number of carboxylic acids is 1. The van der Waals surface area contributed by atoms with Crippen LogP contribution in [0.1, 0.15) is 79.6 Å². The zero-order valence-corrected chi connectivity index (χ0v) is 24.0. The summed E-state index contributed by atoms with van der Waals surface area (Å²) in [5.74, 6) is -3.90. The predicted octanol–water partition coefficient (Wildman–Crippen LogP) is 0.920.